The van der Waals surface area contributed by atoms with Gasteiger partial charge in [-0.25, -0.2) is 0 Å². The monoisotopic (exact) mass is 486 g/mol. The third-order valence-electron chi connectivity index (χ3n) is 6.07. The number of hydrogen-bond donors (Lipinski definition) is 0. The molecule has 1 heterocycles. The summed E-state index contributed by atoms with van der Waals surface area (Å²) in [6.07, 6.45) is 8.09. The SMILES string of the molecule is CCCCCCCCC(=O)N(CCCOC)CC(=O)N(Cc1ccccc1)Cc1sccc1C. The van der Waals surface area contributed by atoms with E-state index in [-0.39, 0.29) is 18.4 Å². The number of methoxy groups -OCH3 is 1. The molecule has 0 bridgehead atoms. The normalized spacial score (nSPS) is 10.9. The van der Waals surface area contributed by atoms with Crippen molar-refractivity contribution in [2.75, 3.05) is 26.8 Å². The van der Waals surface area contributed by atoms with E-state index in [1.54, 1.807) is 23.3 Å². The lowest BCUT2D eigenvalue weighted by atomic mass is 10.1. The highest BCUT2D eigenvalue weighted by Crippen LogP contribution is 2.20. The molecule has 1 aromatic heterocycles. The second-order valence-electron chi connectivity index (χ2n) is 8.94. The van der Waals surface area contributed by atoms with Gasteiger partial charge in [-0.05, 0) is 42.3 Å². The number of carbonyl (C=O) groups is 2. The summed E-state index contributed by atoms with van der Waals surface area (Å²) in [6, 6.07) is 12.2. The standard InChI is InChI=1S/C28H42N2O3S/c1-4-5-6-7-8-12-16-27(31)29(18-13-19-33-3)23-28(32)30(21-25-14-10-9-11-15-25)22-26-24(2)17-20-34-26/h9-11,14-15,17,20H,4-8,12-13,16,18-19,21-23H2,1-3H3. The molecule has 1 aromatic carbocycles. The summed E-state index contributed by atoms with van der Waals surface area (Å²) >= 11 is 1.68. The zero-order valence-electron chi connectivity index (χ0n) is 21.3. The summed E-state index contributed by atoms with van der Waals surface area (Å²) in [5.74, 6) is 0.0669. The number of unbranched alkanes of at least 4 members (excludes halogenated alkanes) is 5. The van der Waals surface area contributed by atoms with E-state index in [4.69, 9.17) is 4.74 Å². The lowest BCUT2D eigenvalue weighted by molar-refractivity contribution is -0.141. The van der Waals surface area contributed by atoms with Gasteiger partial charge in [0.2, 0.25) is 11.8 Å². The van der Waals surface area contributed by atoms with Gasteiger partial charge in [0.05, 0.1) is 13.1 Å². The highest BCUT2D eigenvalue weighted by Gasteiger charge is 2.22. The fourth-order valence-electron chi connectivity index (χ4n) is 3.95. The molecule has 0 fully saturated rings. The summed E-state index contributed by atoms with van der Waals surface area (Å²) in [6.45, 7) is 6.64. The van der Waals surface area contributed by atoms with Crippen molar-refractivity contribution in [2.45, 2.75) is 78.3 Å². The molecule has 6 heteroatoms. The molecule has 0 saturated heterocycles. The van der Waals surface area contributed by atoms with E-state index in [1.807, 2.05) is 35.2 Å². The van der Waals surface area contributed by atoms with Crippen molar-refractivity contribution >= 4 is 23.2 Å². The maximum Gasteiger partial charge on any atom is 0.242 e. The van der Waals surface area contributed by atoms with Crippen LogP contribution in [0.4, 0.5) is 0 Å². The van der Waals surface area contributed by atoms with Gasteiger partial charge < -0.3 is 14.5 Å². The van der Waals surface area contributed by atoms with E-state index in [9.17, 15) is 9.59 Å². The van der Waals surface area contributed by atoms with Gasteiger partial charge in [-0.15, -0.1) is 11.3 Å². The molecule has 188 valence electrons. The van der Waals surface area contributed by atoms with Crippen LogP contribution in [-0.4, -0.2) is 48.4 Å². The van der Waals surface area contributed by atoms with Gasteiger partial charge in [0.25, 0.3) is 0 Å². The first-order chi connectivity index (χ1) is 16.5. The minimum atomic E-state index is -0.00892. The Balaban J connectivity index is 2.03. The number of carbonyl (C=O) groups excluding carboxylic acids is 2. The van der Waals surface area contributed by atoms with Crippen LogP contribution in [-0.2, 0) is 27.4 Å². The summed E-state index contributed by atoms with van der Waals surface area (Å²) in [5.41, 5.74) is 2.29. The van der Waals surface area contributed by atoms with Crippen molar-refractivity contribution < 1.29 is 14.3 Å². The Bertz CT molecular complexity index is 837. The van der Waals surface area contributed by atoms with Crippen LogP contribution in [0.1, 0.15) is 74.3 Å². The van der Waals surface area contributed by atoms with E-state index >= 15 is 0 Å². The molecule has 0 spiro atoms. The minimum absolute atomic E-state index is 0.00892. The highest BCUT2D eigenvalue weighted by atomic mass is 32.1. The number of nitrogens with zero attached hydrogens (tertiary/aromatic N) is 2. The van der Waals surface area contributed by atoms with Crippen molar-refractivity contribution in [3.8, 4) is 0 Å². The van der Waals surface area contributed by atoms with E-state index in [0.29, 0.717) is 32.7 Å². The van der Waals surface area contributed by atoms with Gasteiger partial charge in [0, 0.05) is 38.1 Å². The molecule has 2 rings (SSSR count). The molecule has 5 nitrogen and oxygen atoms in total. The van der Waals surface area contributed by atoms with E-state index in [1.165, 1.54) is 36.1 Å². The first-order valence-electron chi connectivity index (χ1n) is 12.7. The van der Waals surface area contributed by atoms with Gasteiger partial charge in [-0.2, -0.15) is 0 Å². The molecule has 0 aliphatic heterocycles. The Morgan fingerprint density at radius 3 is 2.29 bits per heavy atom. The molecule has 34 heavy (non-hydrogen) atoms. The van der Waals surface area contributed by atoms with Crippen molar-refractivity contribution in [3.05, 3.63) is 57.8 Å². The highest BCUT2D eigenvalue weighted by molar-refractivity contribution is 7.10. The van der Waals surface area contributed by atoms with Gasteiger partial charge in [0.1, 0.15) is 0 Å². The maximum absolute atomic E-state index is 13.5. The van der Waals surface area contributed by atoms with Gasteiger partial charge >= 0.3 is 0 Å². The zero-order valence-corrected chi connectivity index (χ0v) is 22.1. The number of amides is 2. The maximum atomic E-state index is 13.5. The second kappa shape index (κ2) is 16.4. The smallest absolute Gasteiger partial charge is 0.242 e. The van der Waals surface area contributed by atoms with Crippen LogP contribution in [0, 0.1) is 6.92 Å². The average Bonchev–Trinajstić information content (AvgIpc) is 3.25. The number of hydrogen-bond acceptors (Lipinski definition) is 4. The molecule has 0 aliphatic rings. The Morgan fingerprint density at radius 1 is 0.882 bits per heavy atom. The molecule has 0 radical (unpaired) electrons. The molecular formula is C28H42N2O3S. The van der Waals surface area contributed by atoms with Crippen LogP contribution in [0.5, 0.6) is 0 Å². The van der Waals surface area contributed by atoms with Crippen LogP contribution < -0.4 is 0 Å². The van der Waals surface area contributed by atoms with Crippen LogP contribution >= 0.6 is 11.3 Å². The Hall–Kier alpha value is -2.18. The van der Waals surface area contributed by atoms with Gasteiger partial charge in [0.15, 0.2) is 0 Å². The molecule has 2 amide bonds. The number of rotatable bonds is 17. The molecule has 0 atom stereocenters. The van der Waals surface area contributed by atoms with Crippen molar-refractivity contribution in [3.63, 3.8) is 0 Å². The van der Waals surface area contributed by atoms with Crippen LogP contribution in [0.25, 0.3) is 0 Å². The fourth-order valence-corrected chi connectivity index (χ4v) is 4.87. The molecule has 0 unspecified atom stereocenters. The fraction of sp³-hybridized carbons (Fsp3) is 0.571. The van der Waals surface area contributed by atoms with Crippen LogP contribution in [0.2, 0.25) is 0 Å². The topological polar surface area (TPSA) is 49.9 Å². The van der Waals surface area contributed by atoms with Crippen molar-refractivity contribution in [2.24, 2.45) is 0 Å². The summed E-state index contributed by atoms with van der Waals surface area (Å²) in [5, 5.41) is 2.07. The van der Waals surface area contributed by atoms with Gasteiger partial charge in [-0.3, -0.25) is 9.59 Å². The predicted molar refractivity (Wildman–Crippen MR) is 141 cm³/mol. The zero-order chi connectivity index (χ0) is 24.6. The van der Waals surface area contributed by atoms with Crippen LogP contribution in [0.15, 0.2) is 41.8 Å². The van der Waals surface area contributed by atoms with E-state index in [2.05, 4.69) is 25.3 Å². The summed E-state index contributed by atoms with van der Waals surface area (Å²) in [7, 11) is 1.67. The predicted octanol–water partition coefficient (Wildman–Crippen LogP) is 6.20. The Labute approximate surface area is 210 Å². The number of benzene rings is 1. The molecule has 0 N–H and O–H groups in total. The molecule has 0 saturated carbocycles. The summed E-state index contributed by atoms with van der Waals surface area (Å²) < 4.78 is 5.19. The van der Waals surface area contributed by atoms with Crippen molar-refractivity contribution in [1.82, 2.24) is 9.80 Å². The average molecular weight is 487 g/mol. The minimum Gasteiger partial charge on any atom is -0.385 e. The van der Waals surface area contributed by atoms with E-state index in [0.717, 1.165) is 24.8 Å². The quantitative estimate of drug-likeness (QED) is 0.250. The number of ether oxygens (including phenoxy) is 1. The third-order valence-corrected chi connectivity index (χ3v) is 7.08. The molecule has 0 aliphatic carbocycles. The lowest BCUT2D eigenvalue weighted by Crippen LogP contribution is -2.43. The second-order valence-corrected chi connectivity index (χ2v) is 9.94. The third kappa shape index (κ3) is 10.4. The van der Waals surface area contributed by atoms with E-state index < -0.39 is 0 Å². The lowest BCUT2D eigenvalue weighted by Gasteiger charge is -2.28. The molecular weight excluding hydrogens is 444 g/mol. The number of thiophene rings is 1. The van der Waals surface area contributed by atoms with Gasteiger partial charge in [-0.1, -0.05) is 69.4 Å². The first-order valence-corrected chi connectivity index (χ1v) is 13.5. The number of aryl methyl sites for hydroxylation is 1. The van der Waals surface area contributed by atoms with Crippen LogP contribution in [0.3, 0.4) is 0 Å². The summed E-state index contributed by atoms with van der Waals surface area (Å²) in [4.78, 5) is 31.3. The van der Waals surface area contributed by atoms with Crippen molar-refractivity contribution in [1.29, 1.82) is 0 Å². The Kier molecular flexibility index (Phi) is 13.6. The first kappa shape index (κ1) is 28.1. The molecule has 2 aromatic rings. The largest absolute Gasteiger partial charge is 0.385 e. The Morgan fingerprint density at radius 2 is 1.62 bits per heavy atom.